The highest BCUT2D eigenvalue weighted by Gasteiger charge is 2.31. The van der Waals surface area contributed by atoms with Crippen molar-refractivity contribution in [1.82, 2.24) is 0 Å². The summed E-state index contributed by atoms with van der Waals surface area (Å²) in [4.78, 5) is 2.45. The van der Waals surface area contributed by atoms with E-state index in [9.17, 15) is 5.11 Å². The minimum atomic E-state index is -0.506. The van der Waals surface area contributed by atoms with Gasteiger partial charge in [0, 0.05) is 23.8 Å². The fourth-order valence-corrected chi connectivity index (χ4v) is 2.60. The van der Waals surface area contributed by atoms with Crippen molar-refractivity contribution in [3.63, 3.8) is 0 Å². The number of aliphatic hydroxyl groups is 1. The molecule has 0 aromatic heterocycles. The van der Waals surface area contributed by atoms with Crippen molar-refractivity contribution < 1.29 is 9.84 Å². The molecule has 0 spiro atoms. The molecule has 0 bridgehead atoms. The summed E-state index contributed by atoms with van der Waals surface area (Å²) in [6.07, 6.45) is 4.40. The Bertz CT molecular complexity index is 413. The highest BCUT2D eigenvalue weighted by Crippen LogP contribution is 2.39. The van der Waals surface area contributed by atoms with Gasteiger partial charge in [-0.1, -0.05) is 19.4 Å². The maximum absolute atomic E-state index is 10.1. The van der Waals surface area contributed by atoms with Crippen molar-refractivity contribution in [2.75, 3.05) is 18.6 Å². The van der Waals surface area contributed by atoms with Crippen molar-refractivity contribution in [2.24, 2.45) is 0 Å². The third kappa shape index (κ3) is 3.21. The van der Waals surface area contributed by atoms with Gasteiger partial charge in [0.25, 0.3) is 0 Å². The Labute approximate surface area is 116 Å². The first-order chi connectivity index (χ1) is 9.19. The Balaban J connectivity index is 2.34. The van der Waals surface area contributed by atoms with E-state index in [2.05, 4.69) is 17.9 Å². The molecule has 1 aliphatic rings. The van der Waals surface area contributed by atoms with Crippen molar-refractivity contribution in [1.29, 1.82) is 0 Å². The van der Waals surface area contributed by atoms with Gasteiger partial charge in [-0.15, -0.1) is 0 Å². The number of nitrogens with zero attached hydrogens (tertiary/aromatic N) is 1. The van der Waals surface area contributed by atoms with E-state index >= 15 is 0 Å². The number of methoxy groups -OCH3 is 1. The molecule has 106 valence electrons. The first-order valence-corrected chi connectivity index (χ1v) is 7.30. The summed E-state index contributed by atoms with van der Waals surface area (Å²) < 4.78 is 5.42. The number of hydrogen-bond donors (Lipinski definition) is 1. The molecule has 1 aromatic carbocycles. The molecule has 3 heteroatoms. The standard InChI is InChI=1S/C16H25NO2/c1-4-5-11-17(13-9-10-13)14-7-6-8-15(19-3)16(14)12(2)18/h6-8,12-13,18H,4-5,9-11H2,1-3H3/t12-/m0/s1. The quantitative estimate of drug-likeness (QED) is 0.817. The Kier molecular flexibility index (Phi) is 4.70. The van der Waals surface area contributed by atoms with Crippen LogP contribution in [0.2, 0.25) is 0 Å². The van der Waals surface area contributed by atoms with E-state index in [1.165, 1.54) is 25.7 Å². The van der Waals surface area contributed by atoms with Crippen molar-refractivity contribution in [3.8, 4) is 5.75 Å². The number of hydrogen-bond acceptors (Lipinski definition) is 3. The minimum absolute atomic E-state index is 0.506. The fraction of sp³-hybridized carbons (Fsp3) is 0.625. The summed E-state index contributed by atoms with van der Waals surface area (Å²) in [6.45, 7) is 5.09. The van der Waals surface area contributed by atoms with Crippen LogP contribution in [0.25, 0.3) is 0 Å². The second-order valence-corrected chi connectivity index (χ2v) is 5.35. The zero-order valence-electron chi connectivity index (χ0n) is 12.2. The predicted octanol–water partition coefficient (Wildman–Crippen LogP) is 3.52. The van der Waals surface area contributed by atoms with Gasteiger partial charge >= 0.3 is 0 Å². The largest absolute Gasteiger partial charge is 0.496 e. The van der Waals surface area contributed by atoms with E-state index in [0.717, 1.165) is 23.5 Å². The molecule has 0 saturated heterocycles. The van der Waals surface area contributed by atoms with E-state index in [1.54, 1.807) is 7.11 Å². The van der Waals surface area contributed by atoms with Crippen LogP contribution in [0.3, 0.4) is 0 Å². The number of unbranched alkanes of at least 4 members (excludes halogenated alkanes) is 1. The second-order valence-electron chi connectivity index (χ2n) is 5.35. The van der Waals surface area contributed by atoms with Crippen LogP contribution in [0.15, 0.2) is 18.2 Å². The van der Waals surface area contributed by atoms with Crippen molar-refractivity contribution in [2.45, 2.75) is 51.7 Å². The molecule has 0 heterocycles. The molecule has 1 aliphatic carbocycles. The molecule has 1 saturated carbocycles. The van der Waals surface area contributed by atoms with Crippen LogP contribution < -0.4 is 9.64 Å². The van der Waals surface area contributed by atoms with E-state index in [4.69, 9.17) is 4.74 Å². The van der Waals surface area contributed by atoms with Crippen LogP contribution in [0.1, 0.15) is 51.2 Å². The normalized spacial score (nSPS) is 16.2. The molecular weight excluding hydrogens is 238 g/mol. The lowest BCUT2D eigenvalue weighted by molar-refractivity contribution is 0.194. The summed E-state index contributed by atoms with van der Waals surface area (Å²) in [5, 5.41) is 10.1. The molecule has 1 atom stereocenters. The van der Waals surface area contributed by atoms with E-state index in [-0.39, 0.29) is 0 Å². The summed E-state index contributed by atoms with van der Waals surface area (Å²) >= 11 is 0. The van der Waals surface area contributed by atoms with E-state index < -0.39 is 6.10 Å². The van der Waals surface area contributed by atoms with Gasteiger partial charge in [-0.05, 0) is 38.3 Å². The van der Waals surface area contributed by atoms with Gasteiger partial charge in [0.1, 0.15) is 5.75 Å². The van der Waals surface area contributed by atoms with Crippen LogP contribution in [-0.2, 0) is 0 Å². The van der Waals surface area contributed by atoms with Crippen LogP contribution in [-0.4, -0.2) is 24.8 Å². The fourth-order valence-electron chi connectivity index (χ4n) is 2.60. The Morgan fingerprint density at radius 3 is 2.68 bits per heavy atom. The Hall–Kier alpha value is -1.22. The Morgan fingerprint density at radius 1 is 1.42 bits per heavy atom. The van der Waals surface area contributed by atoms with E-state index in [1.807, 2.05) is 19.1 Å². The summed E-state index contributed by atoms with van der Waals surface area (Å²) in [6, 6.07) is 6.70. The second kappa shape index (κ2) is 6.29. The number of ether oxygens (including phenoxy) is 1. The first-order valence-electron chi connectivity index (χ1n) is 7.30. The van der Waals surface area contributed by atoms with Gasteiger partial charge < -0.3 is 14.7 Å². The SMILES string of the molecule is CCCCN(c1cccc(OC)c1[C@H](C)O)C1CC1. The minimum Gasteiger partial charge on any atom is -0.496 e. The number of anilines is 1. The molecule has 1 N–H and O–H groups in total. The van der Waals surface area contributed by atoms with Crippen molar-refractivity contribution in [3.05, 3.63) is 23.8 Å². The predicted molar refractivity (Wildman–Crippen MR) is 78.9 cm³/mol. The highest BCUT2D eigenvalue weighted by molar-refractivity contribution is 5.61. The van der Waals surface area contributed by atoms with Crippen molar-refractivity contribution >= 4 is 5.69 Å². The third-order valence-corrected chi connectivity index (χ3v) is 3.73. The van der Waals surface area contributed by atoms with Crippen LogP contribution in [0, 0.1) is 0 Å². The molecule has 3 nitrogen and oxygen atoms in total. The lowest BCUT2D eigenvalue weighted by Gasteiger charge is -2.29. The average molecular weight is 263 g/mol. The molecule has 1 aromatic rings. The van der Waals surface area contributed by atoms with Crippen LogP contribution in [0.4, 0.5) is 5.69 Å². The lowest BCUT2D eigenvalue weighted by Crippen LogP contribution is -2.28. The molecule has 1 fully saturated rings. The molecule has 0 amide bonds. The number of aliphatic hydroxyl groups excluding tert-OH is 1. The molecule has 2 rings (SSSR count). The number of benzene rings is 1. The molecule has 0 unspecified atom stereocenters. The van der Waals surface area contributed by atoms with Gasteiger partial charge in [0.05, 0.1) is 13.2 Å². The first kappa shape index (κ1) is 14.2. The summed E-state index contributed by atoms with van der Waals surface area (Å²) in [5.41, 5.74) is 2.07. The zero-order chi connectivity index (χ0) is 13.8. The topological polar surface area (TPSA) is 32.7 Å². The third-order valence-electron chi connectivity index (χ3n) is 3.73. The zero-order valence-corrected chi connectivity index (χ0v) is 12.2. The van der Waals surface area contributed by atoms with Gasteiger partial charge in [0.15, 0.2) is 0 Å². The van der Waals surface area contributed by atoms with Gasteiger partial charge in [-0.3, -0.25) is 0 Å². The lowest BCUT2D eigenvalue weighted by atomic mass is 10.0. The summed E-state index contributed by atoms with van der Waals surface area (Å²) in [7, 11) is 1.67. The van der Waals surface area contributed by atoms with Gasteiger partial charge in [-0.25, -0.2) is 0 Å². The molecule has 0 radical (unpaired) electrons. The van der Waals surface area contributed by atoms with Crippen LogP contribution >= 0.6 is 0 Å². The molecule has 0 aliphatic heterocycles. The molecular formula is C16H25NO2. The molecule has 19 heavy (non-hydrogen) atoms. The van der Waals surface area contributed by atoms with Crippen LogP contribution in [0.5, 0.6) is 5.75 Å². The maximum Gasteiger partial charge on any atom is 0.126 e. The maximum atomic E-state index is 10.1. The van der Waals surface area contributed by atoms with Gasteiger partial charge in [0.2, 0.25) is 0 Å². The monoisotopic (exact) mass is 263 g/mol. The summed E-state index contributed by atoms with van der Waals surface area (Å²) in [5.74, 6) is 0.787. The van der Waals surface area contributed by atoms with Gasteiger partial charge in [-0.2, -0.15) is 0 Å². The smallest absolute Gasteiger partial charge is 0.126 e. The van der Waals surface area contributed by atoms with E-state index in [0.29, 0.717) is 6.04 Å². The number of rotatable bonds is 7. The Morgan fingerprint density at radius 2 is 2.16 bits per heavy atom. The average Bonchev–Trinajstić information content (AvgIpc) is 3.23. The highest BCUT2D eigenvalue weighted by atomic mass is 16.5.